The van der Waals surface area contributed by atoms with Gasteiger partial charge in [0, 0.05) is 32.2 Å². The van der Waals surface area contributed by atoms with Crippen LogP contribution < -0.4 is 0 Å². The third-order valence-corrected chi connectivity index (χ3v) is 6.45. The third-order valence-electron chi connectivity index (χ3n) is 4.53. The molecule has 4 nitrogen and oxygen atoms in total. The molecule has 2 aliphatic rings. The summed E-state index contributed by atoms with van der Waals surface area (Å²) in [7, 11) is -3.31. The van der Waals surface area contributed by atoms with Gasteiger partial charge in [-0.05, 0) is 37.8 Å². The van der Waals surface area contributed by atoms with Gasteiger partial charge in [0.2, 0.25) is 10.0 Å². The number of rotatable bonds is 4. The second kappa shape index (κ2) is 5.47. The number of benzene rings is 1. The van der Waals surface area contributed by atoms with Crippen LogP contribution in [0.1, 0.15) is 19.8 Å². The molecule has 0 spiro atoms. The quantitative estimate of drug-likeness (QED) is 0.850. The third kappa shape index (κ3) is 2.75. The Labute approximate surface area is 121 Å². The first kappa shape index (κ1) is 14.0. The molecule has 1 aromatic rings. The highest BCUT2D eigenvalue weighted by molar-refractivity contribution is 7.89. The molecule has 1 aliphatic carbocycles. The van der Waals surface area contributed by atoms with E-state index in [1.165, 1.54) is 12.8 Å². The van der Waals surface area contributed by atoms with Crippen molar-refractivity contribution in [3.8, 4) is 0 Å². The van der Waals surface area contributed by atoms with Crippen molar-refractivity contribution in [2.75, 3.05) is 26.2 Å². The molecule has 3 rings (SSSR count). The van der Waals surface area contributed by atoms with Gasteiger partial charge in [0.1, 0.15) is 0 Å². The molecule has 2 fully saturated rings. The van der Waals surface area contributed by atoms with Gasteiger partial charge in [-0.1, -0.05) is 18.2 Å². The predicted octanol–water partition coefficient (Wildman–Crippen LogP) is 1.79. The molecule has 1 saturated carbocycles. The molecule has 1 heterocycles. The van der Waals surface area contributed by atoms with Crippen molar-refractivity contribution in [3.05, 3.63) is 30.3 Å². The van der Waals surface area contributed by atoms with Crippen molar-refractivity contribution in [2.45, 2.75) is 30.7 Å². The summed E-state index contributed by atoms with van der Waals surface area (Å²) in [5.41, 5.74) is 0. The molecule has 0 amide bonds. The molecule has 20 heavy (non-hydrogen) atoms. The molecule has 1 saturated heterocycles. The average molecular weight is 294 g/mol. The second-order valence-electron chi connectivity index (χ2n) is 5.83. The highest BCUT2D eigenvalue weighted by Gasteiger charge is 2.35. The monoisotopic (exact) mass is 294 g/mol. The molecule has 1 aromatic carbocycles. The molecule has 1 aliphatic heterocycles. The van der Waals surface area contributed by atoms with Gasteiger partial charge in [0.05, 0.1) is 4.90 Å². The second-order valence-corrected chi connectivity index (χ2v) is 7.77. The summed E-state index contributed by atoms with van der Waals surface area (Å²) in [6.45, 7) is 5.19. The summed E-state index contributed by atoms with van der Waals surface area (Å²) in [5.74, 6) is 0.840. The summed E-state index contributed by atoms with van der Waals surface area (Å²) < 4.78 is 26.7. The van der Waals surface area contributed by atoms with E-state index in [1.807, 2.05) is 6.07 Å². The van der Waals surface area contributed by atoms with Crippen LogP contribution >= 0.6 is 0 Å². The van der Waals surface area contributed by atoms with Gasteiger partial charge in [-0.15, -0.1) is 0 Å². The zero-order valence-corrected chi connectivity index (χ0v) is 12.7. The number of sulfonamides is 1. The van der Waals surface area contributed by atoms with E-state index in [4.69, 9.17) is 0 Å². The minimum Gasteiger partial charge on any atom is -0.298 e. The Hall–Kier alpha value is -0.910. The van der Waals surface area contributed by atoms with Crippen LogP contribution in [0.4, 0.5) is 0 Å². The average Bonchev–Trinajstić information content (AvgIpc) is 3.32. The molecular weight excluding hydrogens is 272 g/mol. The summed E-state index contributed by atoms with van der Waals surface area (Å²) in [4.78, 5) is 2.85. The maximum absolute atomic E-state index is 12.5. The number of nitrogens with zero attached hydrogens (tertiary/aromatic N) is 2. The van der Waals surface area contributed by atoms with Gasteiger partial charge in [-0.2, -0.15) is 4.31 Å². The van der Waals surface area contributed by atoms with Crippen LogP contribution in [-0.2, 0) is 10.0 Å². The van der Waals surface area contributed by atoms with E-state index >= 15 is 0 Å². The Morgan fingerprint density at radius 1 is 1.05 bits per heavy atom. The lowest BCUT2D eigenvalue weighted by Crippen LogP contribution is -2.51. The Balaban J connectivity index is 1.65. The molecule has 0 bridgehead atoms. The molecular formula is C15H22N2O2S. The molecule has 0 aromatic heterocycles. The van der Waals surface area contributed by atoms with Gasteiger partial charge < -0.3 is 0 Å². The van der Waals surface area contributed by atoms with Crippen molar-refractivity contribution in [1.82, 2.24) is 9.21 Å². The zero-order valence-electron chi connectivity index (χ0n) is 11.9. The van der Waals surface area contributed by atoms with Crippen molar-refractivity contribution in [1.29, 1.82) is 0 Å². The summed E-state index contributed by atoms with van der Waals surface area (Å²) >= 11 is 0. The van der Waals surface area contributed by atoms with Crippen LogP contribution in [0.15, 0.2) is 35.2 Å². The fraction of sp³-hybridized carbons (Fsp3) is 0.600. The van der Waals surface area contributed by atoms with Crippen LogP contribution in [0.2, 0.25) is 0 Å². The van der Waals surface area contributed by atoms with E-state index in [2.05, 4.69) is 11.8 Å². The zero-order chi connectivity index (χ0) is 14.2. The Morgan fingerprint density at radius 2 is 1.65 bits per heavy atom. The summed E-state index contributed by atoms with van der Waals surface area (Å²) in [5, 5.41) is 0. The Kier molecular flexibility index (Phi) is 3.84. The maximum atomic E-state index is 12.5. The van der Waals surface area contributed by atoms with Crippen molar-refractivity contribution >= 4 is 10.0 Å². The first-order chi connectivity index (χ1) is 9.59. The fourth-order valence-electron chi connectivity index (χ4n) is 2.97. The highest BCUT2D eigenvalue weighted by atomic mass is 32.2. The van der Waals surface area contributed by atoms with Crippen molar-refractivity contribution < 1.29 is 8.42 Å². The van der Waals surface area contributed by atoms with E-state index in [9.17, 15) is 8.42 Å². The molecule has 0 radical (unpaired) electrons. The standard InChI is InChI=1S/C15H22N2O2S/c1-13(14-7-8-14)16-9-11-17(12-10-16)20(18,19)15-5-3-2-4-6-15/h2-6,13-14H,7-12H2,1H3. The first-order valence-corrected chi connectivity index (χ1v) is 8.82. The molecule has 1 atom stereocenters. The summed E-state index contributed by atoms with van der Waals surface area (Å²) in [6, 6.07) is 9.35. The van der Waals surface area contributed by atoms with Crippen LogP contribution in [0.3, 0.4) is 0 Å². The largest absolute Gasteiger partial charge is 0.298 e. The van der Waals surface area contributed by atoms with Crippen LogP contribution in [0, 0.1) is 5.92 Å². The fourth-order valence-corrected chi connectivity index (χ4v) is 4.41. The molecule has 1 unspecified atom stereocenters. The van der Waals surface area contributed by atoms with E-state index in [1.54, 1.807) is 28.6 Å². The number of piperazine rings is 1. The van der Waals surface area contributed by atoms with Crippen LogP contribution in [0.25, 0.3) is 0 Å². The minimum atomic E-state index is -3.31. The number of hydrogen-bond donors (Lipinski definition) is 0. The van der Waals surface area contributed by atoms with Crippen molar-refractivity contribution in [3.63, 3.8) is 0 Å². The lowest BCUT2D eigenvalue weighted by molar-refractivity contribution is 0.133. The number of hydrogen-bond acceptors (Lipinski definition) is 3. The lowest BCUT2D eigenvalue weighted by atomic mass is 10.1. The molecule has 110 valence electrons. The van der Waals surface area contributed by atoms with E-state index in [0.29, 0.717) is 24.0 Å². The highest BCUT2D eigenvalue weighted by Crippen LogP contribution is 2.35. The minimum absolute atomic E-state index is 0.406. The van der Waals surface area contributed by atoms with E-state index in [-0.39, 0.29) is 0 Å². The predicted molar refractivity (Wildman–Crippen MR) is 79.0 cm³/mol. The SMILES string of the molecule is CC(C1CC1)N1CCN(S(=O)(=O)c2ccccc2)CC1. The van der Waals surface area contributed by atoms with Gasteiger partial charge in [-0.25, -0.2) is 8.42 Å². The van der Waals surface area contributed by atoms with Gasteiger partial charge in [-0.3, -0.25) is 4.90 Å². The summed E-state index contributed by atoms with van der Waals surface area (Å²) in [6.07, 6.45) is 2.67. The lowest BCUT2D eigenvalue weighted by Gasteiger charge is -2.37. The van der Waals surface area contributed by atoms with Gasteiger partial charge >= 0.3 is 0 Å². The van der Waals surface area contributed by atoms with Crippen LogP contribution in [-0.4, -0.2) is 49.8 Å². The smallest absolute Gasteiger partial charge is 0.243 e. The normalized spacial score (nSPS) is 23.6. The van der Waals surface area contributed by atoms with Gasteiger partial charge in [0.25, 0.3) is 0 Å². The van der Waals surface area contributed by atoms with E-state index < -0.39 is 10.0 Å². The van der Waals surface area contributed by atoms with Gasteiger partial charge in [0.15, 0.2) is 0 Å². The molecule has 0 N–H and O–H groups in total. The van der Waals surface area contributed by atoms with Crippen LogP contribution in [0.5, 0.6) is 0 Å². The Bertz CT molecular complexity index is 546. The van der Waals surface area contributed by atoms with Crippen molar-refractivity contribution in [2.24, 2.45) is 5.92 Å². The first-order valence-electron chi connectivity index (χ1n) is 7.38. The Morgan fingerprint density at radius 3 is 2.20 bits per heavy atom. The van der Waals surface area contributed by atoms with E-state index in [0.717, 1.165) is 19.0 Å². The maximum Gasteiger partial charge on any atom is 0.243 e. The molecule has 5 heteroatoms. The topological polar surface area (TPSA) is 40.6 Å².